The fourth-order valence-electron chi connectivity index (χ4n) is 2.80. The lowest BCUT2D eigenvalue weighted by Crippen LogP contribution is -2.47. The Kier molecular flexibility index (Phi) is 6.45. The van der Waals surface area contributed by atoms with Gasteiger partial charge in [-0.3, -0.25) is 9.59 Å². The lowest BCUT2D eigenvalue weighted by molar-refractivity contribution is -0.138. The Morgan fingerprint density at radius 1 is 1.08 bits per heavy atom. The van der Waals surface area contributed by atoms with Crippen LogP contribution in [0.25, 0.3) is 0 Å². The molecule has 0 bridgehead atoms. The molecule has 25 heavy (non-hydrogen) atoms. The first kappa shape index (κ1) is 19.3. The minimum Gasteiger partial charge on any atom is -0.372 e. The molecule has 1 saturated heterocycles. The number of carbonyl (C=O) groups excluding carboxylic acids is 2. The molecule has 5 heteroatoms. The van der Waals surface area contributed by atoms with Crippen molar-refractivity contribution in [3.05, 3.63) is 24.3 Å². The van der Waals surface area contributed by atoms with Crippen molar-refractivity contribution in [1.82, 2.24) is 5.32 Å². The first-order valence-electron chi connectivity index (χ1n) is 9.32. The molecule has 1 heterocycles. The number of hydrogen-bond acceptors (Lipinski definition) is 3. The summed E-state index contributed by atoms with van der Waals surface area (Å²) < 4.78 is 0. The molecule has 1 aliphatic heterocycles. The van der Waals surface area contributed by atoms with E-state index in [1.54, 1.807) is 13.8 Å². The fraction of sp³-hybridized carbons (Fsp3) is 0.600. The smallest absolute Gasteiger partial charge is 0.239 e. The highest BCUT2D eigenvalue weighted by Gasteiger charge is 2.36. The number of nitrogens with zero attached hydrogens (tertiary/aromatic N) is 1. The number of carbonyl (C=O) groups is 2. The molecular formula is C20H31N3O2. The second-order valence-electron chi connectivity index (χ2n) is 7.46. The van der Waals surface area contributed by atoms with E-state index in [4.69, 9.17) is 0 Å². The van der Waals surface area contributed by atoms with Gasteiger partial charge in [-0.2, -0.15) is 0 Å². The van der Waals surface area contributed by atoms with Crippen molar-refractivity contribution in [1.29, 1.82) is 0 Å². The summed E-state index contributed by atoms with van der Waals surface area (Å²) in [6.07, 6.45) is 4.61. The number of piperidine rings is 1. The molecule has 1 aliphatic rings. The Hall–Kier alpha value is -2.04. The molecule has 2 N–H and O–H groups in total. The van der Waals surface area contributed by atoms with Crippen LogP contribution in [0.2, 0.25) is 0 Å². The van der Waals surface area contributed by atoms with Gasteiger partial charge in [0.15, 0.2) is 0 Å². The van der Waals surface area contributed by atoms with Crippen LogP contribution < -0.4 is 15.5 Å². The summed E-state index contributed by atoms with van der Waals surface area (Å²) in [4.78, 5) is 27.3. The summed E-state index contributed by atoms with van der Waals surface area (Å²) >= 11 is 0. The van der Waals surface area contributed by atoms with Crippen molar-refractivity contribution in [3.8, 4) is 0 Å². The lowest BCUT2D eigenvalue weighted by atomic mass is 9.90. The molecule has 1 aromatic carbocycles. The Morgan fingerprint density at radius 2 is 1.68 bits per heavy atom. The molecule has 138 valence electrons. The monoisotopic (exact) mass is 345 g/mol. The van der Waals surface area contributed by atoms with E-state index in [1.165, 1.54) is 24.9 Å². The van der Waals surface area contributed by atoms with E-state index in [9.17, 15) is 9.59 Å². The molecule has 1 unspecified atom stereocenters. The van der Waals surface area contributed by atoms with Crippen molar-refractivity contribution in [3.63, 3.8) is 0 Å². The van der Waals surface area contributed by atoms with Gasteiger partial charge in [-0.05, 0) is 70.7 Å². The van der Waals surface area contributed by atoms with Crippen LogP contribution in [0.4, 0.5) is 11.4 Å². The van der Waals surface area contributed by atoms with E-state index >= 15 is 0 Å². The summed E-state index contributed by atoms with van der Waals surface area (Å²) in [5, 5.41) is 5.75. The van der Waals surface area contributed by atoms with E-state index in [0.29, 0.717) is 0 Å². The summed E-state index contributed by atoms with van der Waals surface area (Å²) in [6.45, 7) is 9.43. The highest BCUT2D eigenvalue weighted by molar-refractivity contribution is 6.09. The molecule has 0 radical (unpaired) electrons. The fourth-order valence-corrected chi connectivity index (χ4v) is 2.80. The molecule has 0 spiro atoms. The van der Waals surface area contributed by atoms with Gasteiger partial charge in [0, 0.05) is 30.5 Å². The molecule has 5 nitrogen and oxygen atoms in total. The zero-order chi connectivity index (χ0) is 18.4. The van der Waals surface area contributed by atoms with Crippen molar-refractivity contribution >= 4 is 23.2 Å². The number of anilines is 2. The van der Waals surface area contributed by atoms with Crippen LogP contribution in [0.15, 0.2) is 24.3 Å². The quantitative estimate of drug-likeness (QED) is 0.775. The number of amides is 2. The predicted octanol–water partition coefficient (Wildman–Crippen LogP) is 3.56. The third-order valence-electron chi connectivity index (χ3n) is 4.97. The number of rotatable bonds is 6. The van der Waals surface area contributed by atoms with Gasteiger partial charge < -0.3 is 15.5 Å². The molecule has 0 aliphatic carbocycles. The molecular weight excluding hydrogens is 314 g/mol. The lowest BCUT2D eigenvalue weighted by Gasteiger charge is -2.29. The van der Waals surface area contributed by atoms with Crippen molar-refractivity contribution in [2.75, 3.05) is 23.3 Å². The summed E-state index contributed by atoms with van der Waals surface area (Å²) in [5.41, 5.74) is 0.788. The van der Waals surface area contributed by atoms with Gasteiger partial charge in [0.1, 0.15) is 5.41 Å². The molecule has 0 saturated carbocycles. The molecule has 1 atom stereocenters. The molecule has 1 aromatic rings. The number of hydrogen-bond donors (Lipinski definition) is 2. The van der Waals surface area contributed by atoms with Crippen LogP contribution in [-0.4, -0.2) is 30.9 Å². The Bertz CT molecular complexity index is 589. The summed E-state index contributed by atoms with van der Waals surface area (Å²) in [5.74, 6) is -0.539. The molecule has 2 amide bonds. The van der Waals surface area contributed by atoms with Crippen molar-refractivity contribution in [2.45, 2.75) is 59.4 Å². The Labute approximate surface area is 151 Å². The van der Waals surface area contributed by atoms with Crippen LogP contribution in [0.3, 0.4) is 0 Å². The van der Waals surface area contributed by atoms with E-state index < -0.39 is 5.41 Å². The van der Waals surface area contributed by atoms with Gasteiger partial charge in [-0.15, -0.1) is 0 Å². The highest BCUT2D eigenvalue weighted by Crippen LogP contribution is 2.24. The maximum absolute atomic E-state index is 12.5. The van der Waals surface area contributed by atoms with Gasteiger partial charge in [0.2, 0.25) is 11.8 Å². The third-order valence-corrected chi connectivity index (χ3v) is 4.97. The van der Waals surface area contributed by atoms with E-state index in [2.05, 4.69) is 15.5 Å². The van der Waals surface area contributed by atoms with E-state index in [1.807, 2.05) is 38.1 Å². The minimum absolute atomic E-state index is 0.0587. The van der Waals surface area contributed by atoms with E-state index in [-0.39, 0.29) is 17.9 Å². The largest absolute Gasteiger partial charge is 0.372 e. The van der Waals surface area contributed by atoms with Crippen LogP contribution in [0.5, 0.6) is 0 Å². The third kappa shape index (κ3) is 4.97. The van der Waals surface area contributed by atoms with E-state index in [0.717, 1.165) is 25.2 Å². The van der Waals surface area contributed by atoms with Crippen molar-refractivity contribution in [2.24, 2.45) is 5.41 Å². The average Bonchev–Trinajstić information content (AvgIpc) is 2.62. The maximum Gasteiger partial charge on any atom is 0.239 e. The number of nitrogens with one attached hydrogen (secondary N) is 2. The average molecular weight is 345 g/mol. The maximum atomic E-state index is 12.5. The Morgan fingerprint density at radius 3 is 2.24 bits per heavy atom. The van der Waals surface area contributed by atoms with Crippen molar-refractivity contribution < 1.29 is 9.59 Å². The summed E-state index contributed by atoms with van der Waals surface area (Å²) in [7, 11) is 0. The van der Waals surface area contributed by atoms with Gasteiger partial charge in [-0.25, -0.2) is 0 Å². The molecule has 0 aromatic heterocycles. The van der Waals surface area contributed by atoms with Gasteiger partial charge >= 0.3 is 0 Å². The minimum atomic E-state index is -1.12. The zero-order valence-corrected chi connectivity index (χ0v) is 15.9. The summed E-state index contributed by atoms with van der Waals surface area (Å²) in [6, 6.07) is 7.94. The second kappa shape index (κ2) is 8.37. The van der Waals surface area contributed by atoms with Crippen LogP contribution in [0, 0.1) is 5.41 Å². The second-order valence-corrected chi connectivity index (χ2v) is 7.46. The van der Waals surface area contributed by atoms with Gasteiger partial charge in [0.05, 0.1) is 0 Å². The topological polar surface area (TPSA) is 61.4 Å². The van der Waals surface area contributed by atoms with Crippen LogP contribution in [0.1, 0.15) is 53.4 Å². The Balaban J connectivity index is 1.98. The highest BCUT2D eigenvalue weighted by atomic mass is 16.2. The first-order chi connectivity index (χ1) is 11.8. The molecule has 1 fully saturated rings. The SMILES string of the molecule is CCC(C)NC(=O)C(C)(C)C(=O)Nc1ccc(N2CCCCC2)cc1. The first-order valence-corrected chi connectivity index (χ1v) is 9.32. The predicted molar refractivity (Wildman–Crippen MR) is 103 cm³/mol. The van der Waals surface area contributed by atoms with Gasteiger partial charge in [-0.1, -0.05) is 6.92 Å². The van der Waals surface area contributed by atoms with Crippen LogP contribution in [-0.2, 0) is 9.59 Å². The number of benzene rings is 1. The standard InChI is InChI=1S/C20H31N3O2/c1-5-15(2)21-18(24)20(3,4)19(25)22-16-9-11-17(12-10-16)23-13-7-6-8-14-23/h9-12,15H,5-8,13-14H2,1-4H3,(H,21,24)(H,22,25). The van der Waals surface area contributed by atoms with Gasteiger partial charge in [0.25, 0.3) is 0 Å². The zero-order valence-electron chi connectivity index (χ0n) is 15.9. The molecule has 2 rings (SSSR count). The normalized spacial score (nSPS) is 16.2. The van der Waals surface area contributed by atoms with Crippen LogP contribution >= 0.6 is 0 Å².